The second-order valence-electron chi connectivity index (χ2n) is 5.33. The number of benzene rings is 1. The number of hydrogen-bond donors (Lipinski definition) is 1. The second kappa shape index (κ2) is 6.60. The lowest BCUT2D eigenvalue weighted by atomic mass is 10.1. The van der Waals surface area contributed by atoms with Crippen LogP contribution in [0.5, 0.6) is 0 Å². The van der Waals surface area contributed by atoms with E-state index in [2.05, 4.69) is 0 Å². The zero-order valence-corrected chi connectivity index (χ0v) is 13.4. The molecule has 0 saturated carbocycles. The van der Waals surface area contributed by atoms with Gasteiger partial charge in [0.25, 0.3) is 0 Å². The van der Waals surface area contributed by atoms with Crippen LogP contribution in [0.15, 0.2) is 54.7 Å². The number of esters is 1. The fourth-order valence-electron chi connectivity index (χ4n) is 2.62. The van der Waals surface area contributed by atoms with Gasteiger partial charge in [-0.2, -0.15) is 0 Å². The molecule has 0 aliphatic heterocycles. The molecular formula is C19H15NO5. The fraction of sp³-hybridized carbons (Fsp3) is 0.105. The summed E-state index contributed by atoms with van der Waals surface area (Å²) in [5.74, 6) is -1.99. The maximum atomic E-state index is 12.8. The van der Waals surface area contributed by atoms with Gasteiger partial charge >= 0.3 is 11.9 Å². The van der Waals surface area contributed by atoms with Gasteiger partial charge in [0.1, 0.15) is 0 Å². The van der Waals surface area contributed by atoms with E-state index in [9.17, 15) is 19.5 Å². The van der Waals surface area contributed by atoms with E-state index in [1.165, 1.54) is 28.8 Å². The Morgan fingerprint density at radius 1 is 1.04 bits per heavy atom. The maximum absolute atomic E-state index is 12.8. The van der Waals surface area contributed by atoms with Crippen LogP contribution in [-0.2, 0) is 4.74 Å². The topological polar surface area (TPSA) is 85.1 Å². The van der Waals surface area contributed by atoms with E-state index in [0.717, 1.165) is 0 Å². The zero-order valence-electron chi connectivity index (χ0n) is 13.4. The summed E-state index contributed by atoms with van der Waals surface area (Å²) in [5.41, 5.74) is 1.23. The van der Waals surface area contributed by atoms with E-state index >= 15 is 0 Å². The first-order valence-electron chi connectivity index (χ1n) is 7.68. The van der Waals surface area contributed by atoms with Crippen LogP contribution in [0.1, 0.15) is 43.7 Å². The molecule has 0 aliphatic rings. The highest BCUT2D eigenvalue weighted by atomic mass is 16.5. The van der Waals surface area contributed by atoms with Crippen LogP contribution in [-0.4, -0.2) is 33.8 Å². The molecule has 0 bridgehead atoms. The number of fused-ring (bicyclic) bond motifs is 1. The normalized spacial score (nSPS) is 10.6. The van der Waals surface area contributed by atoms with Crippen molar-refractivity contribution in [1.82, 2.24) is 4.40 Å². The van der Waals surface area contributed by atoms with Crippen molar-refractivity contribution in [1.29, 1.82) is 0 Å². The fourth-order valence-corrected chi connectivity index (χ4v) is 2.62. The molecule has 3 rings (SSSR count). The molecule has 0 atom stereocenters. The highest BCUT2D eigenvalue weighted by molar-refractivity contribution is 6.11. The number of carboxylic acid groups (broad SMARTS) is 1. The van der Waals surface area contributed by atoms with Gasteiger partial charge < -0.3 is 14.2 Å². The van der Waals surface area contributed by atoms with Crippen molar-refractivity contribution < 1.29 is 24.2 Å². The van der Waals surface area contributed by atoms with E-state index in [-0.39, 0.29) is 29.2 Å². The van der Waals surface area contributed by atoms with E-state index in [1.807, 2.05) is 0 Å². The van der Waals surface area contributed by atoms with Gasteiger partial charge in [-0.1, -0.05) is 30.3 Å². The molecule has 1 aromatic carbocycles. The number of carbonyl (C=O) groups excluding carboxylic acids is 2. The summed E-state index contributed by atoms with van der Waals surface area (Å²) in [6, 6.07) is 12.8. The highest BCUT2D eigenvalue weighted by Gasteiger charge is 2.22. The predicted molar refractivity (Wildman–Crippen MR) is 90.2 cm³/mol. The molecule has 6 nitrogen and oxygen atoms in total. The van der Waals surface area contributed by atoms with Gasteiger partial charge in [-0.15, -0.1) is 0 Å². The number of aromatic carboxylic acids is 1. The van der Waals surface area contributed by atoms with E-state index in [1.54, 1.807) is 37.3 Å². The monoisotopic (exact) mass is 337 g/mol. The minimum absolute atomic E-state index is 0.0230. The quantitative estimate of drug-likeness (QED) is 0.571. The van der Waals surface area contributed by atoms with Crippen LogP contribution in [0.3, 0.4) is 0 Å². The number of pyridine rings is 1. The van der Waals surface area contributed by atoms with Crippen LogP contribution in [0.4, 0.5) is 0 Å². The van der Waals surface area contributed by atoms with Crippen molar-refractivity contribution in [2.24, 2.45) is 0 Å². The lowest BCUT2D eigenvalue weighted by molar-refractivity contribution is 0.0528. The smallest absolute Gasteiger partial charge is 0.340 e. The average molecular weight is 337 g/mol. The standard InChI is InChI=1S/C19H15NO5/c1-2-25-19(24)14-11-16(17(21)12-6-4-3-5-7-12)20-9-8-13(18(22)23)10-15(14)20/h3-11H,2H2,1H3,(H,22,23). The van der Waals surface area contributed by atoms with Crippen LogP contribution < -0.4 is 0 Å². The molecule has 0 spiro atoms. The van der Waals surface area contributed by atoms with Crippen LogP contribution >= 0.6 is 0 Å². The minimum atomic E-state index is -1.12. The molecule has 1 N–H and O–H groups in total. The number of hydrogen-bond acceptors (Lipinski definition) is 4. The van der Waals surface area contributed by atoms with Crippen molar-refractivity contribution in [2.75, 3.05) is 6.61 Å². The first-order valence-corrected chi connectivity index (χ1v) is 7.68. The zero-order chi connectivity index (χ0) is 18.0. The van der Waals surface area contributed by atoms with E-state index in [4.69, 9.17) is 4.74 Å². The molecule has 0 radical (unpaired) electrons. The van der Waals surface area contributed by atoms with Crippen molar-refractivity contribution >= 4 is 23.2 Å². The number of carbonyl (C=O) groups is 3. The third-order valence-electron chi connectivity index (χ3n) is 3.78. The van der Waals surface area contributed by atoms with Crippen molar-refractivity contribution in [3.05, 3.63) is 77.1 Å². The van der Waals surface area contributed by atoms with Gasteiger partial charge in [-0.25, -0.2) is 9.59 Å². The van der Waals surface area contributed by atoms with Crippen LogP contribution in [0, 0.1) is 0 Å². The molecule has 2 aromatic heterocycles. The van der Waals surface area contributed by atoms with Gasteiger partial charge in [0.15, 0.2) is 0 Å². The first-order chi connectivity index (χ1) is 12.0. The number of ether oxygens (including phenoxy) is 1. The summed E-state index contributed by atoms with van der Waals surface area (Å²) in [6.45, 7) is 1.85. The van der Waals surface area contributed by atoms with Crippen LogP contribution in [0.25, 0.3) is 5.52 Å². The Bertz CT molecular complexity index is 972. The Hall–Kier alpha value is -3.41. The third kappa shape index (κ3) is 3.01. The number of ketones is 1. The summed E-state index contributed by atoms with van der Waals surface area (Å²) < 4.78 is 6.53. The Kier molecular flexibility index (Phi) is 4.35. The number of rotatable bonds is 5. The summed E-state index contributed by atoms with van der Waals surface area (Å²) in [4.78, 5) is 36.2. The maximum Gasteiger partial charge on any atom is 0.340 e. The summed E-state index contributed by atoms with van der Waals surface area (Å²) in [6.07, 6.45) is 1.47. The Morgan fingerprint density at radius 3 is 2.40 bits per heavy atom. The lowest BCUT2D eigenvalue weighted by Gasteiger charge is -2.04. The van der Waals surface area contributed by atoms with Crippen LogP contribution in [0.2, 0.25) is 0 Å². The Labute approximate surface area is 143 Å². The third-order valence-corrected chi connectivity index (χ3v) is 3.78. The highest BCUT2D eigenvalue weighted by Crippen LogP contribution is 2.22. The first kappa shape index (κ1) is 16.4. The molecule has 0 aliphatic carbocycles. The lowest BCUT2D eigenvalue weighted by Crippen LogP contribution is -2.06. The SMILES string of the molecule is CCOC(=O)c1cc(C(=O)c2ccccc2)n2ccc(C(=O)O)cc12. The molecule has 25 heavy (non-hydrogen) atoms. The van der Waals surface area contributed by atoms with Gasteiger partial charge in [-0.05, 0) is 25.1 Å². The number of carboxylic acids is 1. The molecule has 0 unspecified atom stereocenters. The molecule has 2 heterocycles. The van der Waals surface area contributed by atoms with Crippen molar-refractivity contribution in [3.63, 3.8) is 0 Å². The molecule has 3 aromatic rings. The largest absolute Gasteiger partial charge is 0.478 e. The molecule has 126 valence electrons. The molecule has 0 fully saturated rings. The molecule has 0 saturated heterocycles. The van der Waals surface area contributed by atoms with Gasteiger partial charge in [0, 0.05) is 11.8 Å². The average Bonchev–Trinajstić information content (AvgIpc) is 3.01. The molecule has 6 heteroatoms. The summed E-state index contributed by atoms with van der Waals surface area (Å²) >= 11 is 0. The number of aromatic nitrogens is 1. The number of nitrogens with zero attached hydrogens (tertiary/aromatic N) is 1. The van der Waals surface area contributed by atoms with E-state index in [0.29, 0.717) is 11.1 Å². The Balaban J connectivity index is 2.21. The Morgan fingerprint density at radius 2 is 1.76 bits per heavy atom. The second-order valence-corrected chi connectivity index (χ2v) is 5.33. The van der Waals surface area contributed by atoms with E-state index < -0.39 is 11.9 Å². The predicted octanol–water partition coefficient (Wildman–Crippen LogP) is 3.05. The van der Waals surface area contributed by atoms with Crippen molar-refractivity contribution in [3.8, 4) is 0 Å². The van der Waals surface area contributed by atoms with Gasteiger partial charge in [0.05, 0.1) is 28.9 Å². The van der Waals surface area contributed by atoms with Crippen molar-refractivity contribution in [2.45, 2.75) is 6.92 Å². The minimum Gasteiger partial charge on any atom is -0.478 e. The summed E-state index contributed by atoms with van der Waals surface area (Å²) in [7, 11) is 0. The molecular weight excluding hydrogens is 322 g/mol. The molecule has 0 amide bonds. The summed E-state index contributed by atoms with van der Waals surface area (Å²) in [5, 5.41) is 9.18. The van der Waals surface area contributed by atoms with Gasteiger partial charge in [-0.3, -0.25) is 4.79 Å². The van der Waals surface area contributed by atoms with Gasteiger partial charge in [0.2, 0.25) is 5.78 Å².